The first-order valence-corrected chi connectivity index (χ1v) is 8.07. The molecule has 3 amide bonds. The van der Waals surface area contributed by atoms with Crippen molar-refractivity contribution in [2.45, 2.75) is 0 Å². The maximum atomic E-state index is 12.5. The van der Waals surface area contributed by atoms with Gasteiger partial charge in [0.05, 0.1) is 35.5 Å². The van der Waals surface area contributed by atoms with Crippen molar-refractivity contribution < 1.29 is 29.0 Å². The maximum Gasteiger partial charge on any atom is 0.337 e. The largest absolute Gasteiger partial charge is 0.478 e. The van der Waals surface area contributed by atoms with Crippen LogP contribution < -0.4 is 5.32 Å². The zero-order chi connectivity index (χ0) is 19.6. The van der Waals surface area contributed by atoms with Gasteiger partial charge in [-0.05, 0) is 30.3 Å². The van der Waals surface area contributed by atoms with Gasteiger partial charge in [-0.25, -0.2) is 4.79 Å². The molecule has 8 heteroatoms. The molecule has 1 heterocycles. The van der Waals surface area contributed by atoms with Crippen LogP contribution in [0.2, 0.25) is 0 Å². The first kappa shape index (κ1) is 18.3. The van der Waals surface area contributed by atoms with Crippen molar-refractivity contribution in [3.63, 3.8) is 0 Å². The zero-order valence-corrected chi connectivity index (χ0v) is 14.4. The van der Waals surface area contributed by atoms with Gasteiger partial charge in [0.15, 0.2) is 0 Å². The number of fused-ring (bicyclic) bond motifs is 1. The highest BCUT2D eigenvalue weighted by Gasteiger charge is 2.35. The Morgan fingerprint density at radius 3 is 2.48 bits per heavy atom. The third kappa shape index (κ3) is 3.42. The van der Waals surface area contributed by atoms with Gasteiger partial charge in [0, 0.05) is 12.7 Å². The van der Waals surface area contributed by atoms with E-state index >= 15 is 0 Å². The predicted octanol–water partition coefficient (Wildman–Crippen LogP) is 1.88. The number of carboxylic acids is 1. The minimum atomic E-state index is -1.17. The van der Waals surface area contributed by atoms with Crippen LogP contribution in [0.4, 0.5) is 5.69 Å². The lowest BCUT2D eigenvalue weighted by Crippen LogP contribution is -2.32. The Morgan fingerprint density at radius 2 is 1.78 bits per heavy atom. The molecule has 0 spiro atoms. The first-order valence-electron chi connectivity index (χ1n) is 8.07. The van der Waals surface area contributed by atoms with Gasteiger partial charge in [0.25, 0.3) is 17.7 Å². The molecule has 0 fully saturated rings. The number of benzene rings is 2. The number of carbonyl (C=O) groups excluding carboxylic acids is 3. The van der Waals surface area contributed by atoms with E-state index in [0.717, 1.165) is 4.90 Å². The summed E-state index contributed by atoms with van der Waals surface area (Å²) in [7, 11) is 1.47. The summed E-state index contributed by atoms with van der Waals surface area (Å²) in [5.41, 5.74) is 0.584. The maximum absolute atomic E-state index is 12.5. The number of amides is 3. The van der Waals surface area contributed by atoms with Crippen LogP contribution in [0.3, 0.4) is 0 Å². The average Bonchev–Trinajstić information content (AvgIpc) is 2.90. The van der Waals surface area contributed by atoms with E-state index in [2.05, 4.69) is 5.32 Å². The fourth-order valence-corrected chi connectivity index (χ4v) is 2.79. The number of hydrogen-bond acceptors (Lipinski definition) is 5. The SMILES string of the molecule is COCCN1C(=O)c2ccc(C(=O)Nc3ccccc3C(=O)O)cc2C1=O. The second kappa shape index (κ2) is 7.38. The molecule has 27 heavy (non-hydrogen) atoms. The van der Waals surface area contributed by atoms with Crippen LogP contribution in [0.25, 0.3) is 0 Å². The number of imide groups is 1. The van der Waals surface area contributed by atoms with E-state index in [9.17, 15) is 24.3 Å². The number of rotatable bonds is 6. The summed E-state index contributed by atoms with van der Waals surface area (Å²) in [6, 6.07) is 10.2. The summed E-state index contributed by atoms with van der Waals surface area (Å²) in [6.07, 6.45) is 0. The van der Waals surface area contributed by atoms with Crippen molar-refractivity contribution >= 4 is 29.4 Å². The Balaban J connectivity index is 1.86. The Hall–Kier alpha value is -3.52. The van der Waals surface area contributed by atoms with Gasteiger partial charge in [0.2, 0.25) is 0 Å². The molecule has 0 bridgehead atoms. The molecular formula is C19H16N2O6. The van der Waals surface area contributed by atoms with Crippen LogP contribution in [0, 0.1) is 0 Å². The van der Waals surface area contributed by atoms with E-state index in [-0.39, 0.29) is 41.1 Å². The Morgan fingerprint density at radius 1 is 1.07 bits per heavy atom. The van der Waals surface area contributed by atoms with Crippen LogP contribution in [0.5, 0.6) is 0 Å². The van der Waals surface area contributed by atoms with E-state index in [1.54, 1.807) is 12.1 Å². The Labute approximate surface area is 154 Å². The van der Waals surface area contributed by atoms with Crippen LogP contribution in [-0.2, 0) is 4.74 Å². The zero-order valence-electron chi connectivity index (χ0n) is 14.4. The number of anilines is 1. The molecule has 2 N–H and O–H groups in total. The molecule has 1 aliphatic rings. The number of ether oxygens (including phenoxy) is 1. The molecule has 0 saturated carbocycles. The van der Waals surface area contributed by atoms with Gasteiger partial charge in [-0.2, -0.15) is 0 Å². The van der Waals surface area contributed by atoms with Crippen molar-refractivity contribution in [2.75, 3.05) is 25.6 Å². The summed E-state index contributed by atoms with van der Waals surface area (Å²) < 4.78 is 4.90. The quantitative estimate of drug-likeness (QED) is 0.753. The van der Waals surface area contributed by atoms with Crippen molar-refractivity contribution in [1.82, 2.24) is 4.90 Å². The summed E-state index contributed by atoms with van der Waals surface area (Å²) in [6.45, 7) is 0.334. The van der Waals surface area contributed by atoms with Crippen LogP contribution in [0.15, 0.2) is 42.5 Å². The topological polar surface area (TPSA) is 113 Å². The lowest BCUT2D eigenvalue weighted by molar-refractivity contribution is 0.0601. The van der Waals surface area contributed by atoms with Crippen molar-refractivity contribution in [1.29, 1.82) is 0 Å². The number of hydrogen-bond donors (Lipinski definition) is 2. The average molecular weight is 368 g/mol. The third-order valence-electron chi connectivity index (χ3n) is 4.16. The highest BCUT2D eigenvalue weighted by atomic mass is 16.5. The molecule has 2 aromatic carbocycles. The van der Waals surface area contributed by atoms with E-state index < -0.39 is 23.7 Å². The van der Waals surface area contributed by atoms with E-state index in [0.29, 0.717) is 0 Å². The van der Waals surface area contributed by atoms with Gasteiger partial charge in [-0.3, -0.25) is 19.3 Å². The minimum Gasteiger partial charge on any atom is -0.478 e. The predicted molar refractivity (Wildman–Crippen MR) is 95.0 cm³/mol. The first-order chi connectivity index (χ1) is 12.9. The number of methoxy groups -OCH3 is 1. The van der Waals surface area contributed by atoms with Gasteiger partial charge in [-0.15, -0.1) is 0 Å². The van der Waals surface area contributed by atoms with Crippen molar-refractivity contribution in [3.8, 4) is 0 Å². The molecule has 138 valence electrons. The van der Waals surface area contributed by atoms with Gasteiger partial charge < -0.3 is 15.2 Å². The highest BCUT2D eigenvalue weighted by Crippen LogP contribution is 2.24. The molecular weight excluding hydrogens is 352 g/mol. The van der Waals surface area contributed by atoms with Crippen LogP contribution in [0.1, 0.15) is 41.4 Å². The third-order valence-corrected chi connectivity index (χ3v) is 4.16. The summed E-state index contributed by atoms with van der Waals surface area (Å²) in [5.74, 6) is -2.68. The molecule has 0 aliphatic carbocycles. The van der Waals surface area contributed by atoms with Crippen LogP contribution in [-0.4, -0.2) is 54.0 Å². The van der Waals surface area contributed by atoms with E-state index in [1.807, 2.05) is 0 Å². The number of aromatic carboxylic acids is 1. The number of nitrogens with one attached hydrogen (secondary N) is 1. The second-order valence-corrected chi connectivity index (χ2v) is 5.82. The van der Waals surface area contributed by atoms with Gasteiger partial charge in [0.1, 0.15) is 0 Å². The van der Waals surface area contributed by atoms with E-state index in [4.69, 9.17) is 4.74 Å². The fraction of sp³-hybridized carbons (Fsp3) is 0.158. The number of carbonyl (C=O) groups is 4. The lowest BCUT2D eigenvalue weighted by Gasteiger charge is -2.12. The Kier molecular flexibility index (Phi) is 5.00. The molecule has 0 atom stereocenters. The monoisotopic (exact) mass is 368 g/mol. The van der Waals surface area contributed by atoms with Crippen molar-refractivity contribution in [2.24, 2.45) is 0 Å². The summed E-state index contributed by atoms with van der Waals surface area (Å²) in [4.78, 5) is 49.5. The smallest absolute Gasteiger partial charge is 0.337 e. The van der Waals surface area contributed by atoms with Gasteiger partial charge in [-0.1, -0.05) is 12.1 Å². The molecule has 8 nitrogen and oxygen atoms in total. The lowest BCUT2D eigenvalue weighted by atomic mass is 10.0. The summed E-state index contributed by atoms with van der Waals surface area (Å²) in [5, 5.41) is 11.7. The van der Waals surface area contributed by atoms with Crippen molar-refractivity contribution in [3.05, 3.63) is 64.7 Å². The molecule has 1 aliphatic heterocycles. The molecule has 3 rings (SSSR count). The normalized spacial score (nSPS) is 12.9. The minimum absolute atomic E-state index is 0.0518. The Bertz CT molecular complexity index is 953. The fourth-order valence-electron chi connectivity index (χ4n) is 2.79. The number of carboxylic acid groups (broad SMARTS) is 1. The summed E-state index contributed by atoms with van der Waals surface area (Å²) >= 11 is 0. The highest BCUT2D eigenvalue weighted by molar-refractivity contribution is 6.22. The molecule has 2 aromatic rings. The second-order valence-electron chi connectivity index (χ2n) is 5.82. The van der Waals surface area contributed by atoms with E-state index in [1.165, 1.54) is 37.4 Å². The molecule has 0 aromatic heterocycles. The molecule has 0 radical (unpaired) electrons. The van der Waals surface area contributed by atoms with Crippen LogP contribution >= 0.6 is 0 Å². The van der Waals surface area contributed by atoms with Gasteiger partial charge >= 0.3 is 5.97 Å². The number of para-hydroxylation sites is 1. The number of nitrogens with zero attached hydrogens (tertiary/aromatic N) is 1. The standard InChI is InChI=1S/C19H16N2O6/c1-27-9-8-21-17(23)12-7-6-11(10-14(12)18(21)24)16(22)20-15-5-3-2-4-13(15)19(25)26/h2-7,10H,8-9H2,1H3,(H,20,22)(H,25,26). The molecule has 0 unspecified atom stereocenters. The molecule has 0 saturated heterocycles.